The lowest BCUT2D eigenvalue weighted by atomic mass is 10.4. The number of phosphoric ester groups is 1. The van der Waals surface area contributed by atoms with Gasteiger partial charge in [-0.15, -0.1) is 6.58 Å². The third-order valence-corrected chi connectivity index (χ3v) is 1.14. The normalized spacial score (nSPS) is 10.0. The maximum absolute atomic E-state index is 10.0. The fourth-order valence-electron chi connectivity index (χ4n) is 0.312. The topological polar surface area (TPSA) is 66.8 Å². The standard InChI is InChI=1S/C6H9O4P/c1-2-3-4-5-6-10-11(7,8)9/h2H,1,3,6H2,(H2,7,8,9). The van der Waals surface area contributed by atoms with E-state index in [0.717, 1.165) is 0 Å². The highest BCUT2D eigenvalue weighted by molar-refractivity contribution is 7.46. The van der Waals surface area contributed by atoms with Crippen molar-refractivity contribution in [2.75, 3.05) is 6.61 Å². The van der Waals surface area contributed by atoms with Crippen LogP contribution in [0.3, 0.4) is 0 Å². The Morgan fingerprint density at radius 3 is 2.64 bits per heavy atom. The van der Waals surface area contributed by atoms with Gasteiger partial charge in [-0.2, -0.15) is 0 Å². The van der Waals surface area contributed by atoms with Crippen LogP contribution in [0.15, 0.2) is 12.7 Å². The summed E-state index contributed by atoms with van der Waals surface area (Å²) in [6, 6.07) is 0. The molecule has 0 amide bonds. The van der Waals surface area contributed by atoms with E-state index in [2.05, 4.69) is 22.9 Å². The Morgan fingerprint density at radius 2 is 2.18 bits per heavy atom. The van der Waals surface area contributed by atoms with Crippen molar-refractivity contribution in [3.05, 3.63) is 12.7 Å². The van der Waals surface area contributed by atoms with E-state index in [1.165, 1.54) is 0 Å². The zero-order valence-corrected chi connectivity index (χ0v) is 6.75. The maximum atomic E-state index is 10.0. The molecule has 4 nitrogen and oxygen atoms in total. The second kappa shape index (κ2) is 5.11. The number of phosphoric acid groups is 1. The molecule has 0 aromatic heterocycles. The predicted molar refractivity (Wildman–Crippen MR) is 40.6 cm³/mol. The molecular weight excluding hydrogens is 167 g/mol. The molecule has 0 aromatic carbocycles. The molecule has 0 spiro atoms. The van der Waals surface area contributed by atoms with Crippen molar-refractivity contribution in [2.45, 2.75) is 6.42 Å². The van der Waals surface area contributed by atoms with Gasteiger partial charge < -0.3 is 9.79 Å². The fraction of sp³-hybridized carbons (Fsp3) is 0.333. The maximum Gasteiger partial charge on any atom is 0.470 e. The molecule has 0 unspecified atom stereocenters. The predicted octanol–water partition coefficient (Wildman–Crippen LogP) is 0.675. The van der Waals surface area contributed by atoms with Crippen molar-refractivity contribution in [2.24, 2.45) is 0 Å². The van der Waals surface area contributed by atoms with Gasteiger partial charge in [0.2, 0.25) is 0 Å². The summed E-state index contributed by atoms with van der Waals surface area (Å²) in [5.41, 5.74) is 0. The highest BCUT2D eigenvalue weighted by atomic mass is 31.2. The van der Waals surface area contributed by atoms with Gasteiger partial charge in [0, 0.05) is 6.42 Å². The monoisotopic (exact) mass is 176 g/mol. The van der Waals surface area contributed by atoms with Crippen LogP contribution in [0.4, 0.5) is 0 Å². The molecule has 0 aliphatic rings. The van der Waals surface area contributed by atoms with E-state index in [1.54, 1.807) is 6.08 Å². The first-order valence-electron chi connectivity index (χ1n) is 2.83. The lowest BCUT2D eigenvalue weighted by Crippen LogP contribution is -1.87. The van der Waals surface area contributed by atoms with Gasteiger partial charge in [-0.3, -0.25) is 4.52 Å². The lowest BCUT2D eigenvalue weighted by molar-refractivity contribution is 0.218. The van der Waals surface area contributed by atoms with E-state index in [-0.39, 0.29) is 6.61 Å². The molecule has 62 valence electrons. The molecule has 0 aliphatic carbocycles. The van der Waals surface area contributed by atoms with Crippen LogP contribution in [-0.4, -0.2) is 16.4 Å². The Bertz CT molecular complexity index is 218. The minimum atomic E-state index is -4.34. The molecule has 0 aliphatic heterocycles. The molecular formula is C6H9O4P. The number of hydrogen-bond acceptors (Lipinski definition) is 2. The van der Waals surface area contributed by atoms with Crippen LogP contribution in [0.25, 0.3) is 0 Å². The van der Waals surface area contributed by atoms with Crippen molar-refractivity contribution in [1.29, 1.82) is 0 Å². The molecule has 0 saturated heterocycles. The van der Waals surface area contributed by atoms with Crippen LogP contribution in [0, 0.1) is 11.8 Å². The van der Waals surface area contributed by atoms with E-state index in [9.17, 15) is 4.57 Å². The van der Waals surface area contributed by atoms with Gasteiger partial charge in [-0.25, -0.2) is 4.57 Å². The SMILES string of the molecule is C=CCC#CCOP(=O)(O)O. The summed E-state index contributed by atoms with van der Waals surface area (Å²) in [4.78, 5) is 16.4. The number of hydrogen-bond donors (Lipinski definition) is 2. The van der Waals surface area contributed by atoms with E-state index >= 15 is 0 Å². The van der Waals surface area contributed by atoms with Gasteiger partial charge in [0.05, 0.1) is 0 Å². The van der Waals surface area contributed by atoms with Crippen molar-refractivity contribution >= 4 is 7.82 Å². The molecule has 0 saturated carbocycles. The summed E-state index contributed by atoms with van der Waals surface area (Å²) in [5, 5.41) is 0. The van der Waals surface area contributed by atoms with Crippen molar-refractivity contribution in [1.82, 2.24) is 0 Å². The number of rotatable bonds is 3. The van der Waals surface area contributed by atoms with Crippen LogP contribution < -0.4 is 0 Å². The van der Waals surface area contributed by atoms with Gasteiger partial charge in [-0.1, -0.05) is 17.9 Å². The molecule has 0 rings (SSSR count). The Kier molecular flexibility index (Phi) is 4.84. The second-order valence-electron chi connectivity index (χ2n) is 1.61. The fourth-order valence-corrected chi connectivity index (χ4v) is 0.544. The first-order valence-corrected chi connectivity index (χ1v) is 4.36. The summed E-state index contributed by atoms with van der Waals surface area (Å²) < 4.78 is 14.1. The molecule has 5 heteroatoms. The lowest BCUT2D eigenvalue weighted by Gasteiger charge is -1.98. The van der Waals surface area contributed by atoms with Crippen LogP contribution in [0.5, 0.6) is 0 Å². The second-order valence-corrected chi connectivity index (χ2v) is 2.85. The van der Waals surface area contributed by atoms with Gasteiger partial charge in [0.1, 0.15) is 6.61 Å². The van der Waals surface area contributed by atoms with Crippen LogP contribution in [-0.2, 0) is 9.09 Å². The van der Waals surface area contributed by atoms with E-state index < -0.39 is 7.82 Å². The largest absolute Gasteiger partial charge is 0.470 e. The highest BCUT2D eigenvalue weighted by Gasteiger charge is 2.11. The van der Waals surface area contributed by atoms with Crippen LogP contribution in [0.2, 0.25) is 0 Å². The Hall–Kier alpha value is -0.590. The Morgan fingerprint density at radius 1 is 1.55 bits per heavy atom. The molecule has 0 radical (unpaired) electrons. The zero-order valence-electron chi connectivity index (χ0n) is 5.86. The number of allylic oxidation sites excluding steroid dienone is 1. The third-order valence-electron chi connectivity index (χ3n) is 0.676. The van der Waals surface area contributed by atoms with Crippen molar-refractivity contribution < 1.29 is 18.9 Å². The first-order chi connectivity index (χ1) is 5.06. The van der Waals surface area contributed by atoms with Crippen LogP contribution in [0.1, 0.15) is 6.42 Å². The Balaban J connectivity index is 3.51. The quantitative estimate of drug-likeness (QED) is 0.377. The molecule has 11 heavy (non-hydrogen) atoms. The summed E-state index contributed by atoms with van der Waals surface area (Å²) in [7, 11) is -4.34. The first kappa shape index (κ1) is 10.4. The highest BCUT2D eigenvalue weighted by Crippen LogP contribution is 2.34. The summed E-state index contributed by atoms with van der Waals surface area (Å²) in [6.07, 6.45) is 2.08. The van der Waals surface area contributed by atoms with Gasteiger partial charge >= 0.3 is 7.82 Å². The third kappa shape index (κ3) is 9.41. The minimum Gasteiger partial charge on any atom is -0.303 e. The Labute approximate surface area is 65.1 Å². The van der Waals surface area contributed by atoms with Gasteiger partial charge in [0.25, 0.3) is 0 Å². The summed E-state index contributed by atoms with van der Waals surface area (Å²) in [5.74, 6) is 4.98. The van der Waals surface area contributed by atoms with Gasteiger partial charge in [0.15, 0.2) is 0 Å². The smallest absolute Gasteiger partial charge is 0.303 e. The summed E-state index contributed by atoms with van der Waals surface area (Å²) in [6.45, 7) is 3.16. The molecule has 0 fully saturated rings. The molecule has 0 heterocycles. The van der Waals surface area contributed by atoms with Crippen LogP contribution >= 0.6 is 7.82 Å². The average Bonchev–Trinajstić information content (AvgIpc) is 1.85. The molecule has 0 bridgehead atoms. The molecule has 0 atom stereocenters. The van der Waals surface area contributed by atoms with Crippen molar-refractivity contribution in [3.63, 3.8) is 0 Å². The molecule has 2 N–H and O–H groups in total. The van der Waals surface area contributed by atoms with Gasteiger partial charge in [-0.05, 0) is 0 Å². The van der Waals surface area contributed by atoms with E-state index in [1.807, 2.05) is 0 Å². The average molecular weight is 176 g/mol. The zero-order chi connectivity index (χ0) is 8.74. The van der Waals surface area contributed by atoms with Crippen molar-refractivity contribution in [3.8, 4) is 11.8 Å². The molecule has 0 aromatic rings. The van der Waals surface area contributed by atoms with E-state index in [0.29, 0.717) is 6.42 Å². The van der Waals surface area contributed by atoms with E-state index in [4.69, 9.17) is 9.79 Å². The minimum absolute atomic E-state index is 0.252. The summed E-state index contributed by atoms with van der Waals surface area (Å²) >= 11 is 0.